The van der Waals surface area contributed by atoms with Gasteiger partial charge in [-0.25, -0.2) is 0 Å². The predicted octanol–water partition coefficient (Wildman–Crippen LogP) is 2.47. The second-order valence-electron chi connectivity index (χ2n) is 2.81. The van der Waals surface area contributed by atoms with Crippen molar-refractivity contribution in [2.45, 2.75) is 25.8 Å². The van der Waals surface area contributed by atoms with E-state index in [4.69, 9.17) is 0 Å². The van der Waals surface area contributed by atoms with E-state index >= 15 is 0 Å². The summed E-state index contributed by atoms with van der Waals surface area (Å²) in [6.45, 7) is 1.01. The topological polar surface area (TPSA) is 30.7 Å². The van der Waals surface area contributed by atoms with E-state index in [1.165, 1.54) is 17.3 Å². The van der Waals surface area contributed by atoms with Crippen LogP contribution >= 0.6 is 45.2 Å². The quantitative estimate of drug-likeness (QED) is 0.414. The molecule has 0 aliphatic rings. The monoisotopic (exact) mass is 405 g/mol. The molecule has 0 bridgehead atoms. The maximum atomic E-state index is 4.09. The minimum atomic E-state index is 1.01. The van der Waals surface area contributed by atoms with Gasteiger partial charge in [0.25, 0.3) is 0 Å². The van der Waals surface area contributed by atoms with Crippen LogP contribution < -0.4 is 0 Å². The lowest BCUT2D eigenvalue weighted by Crippen LogP contribution is -1.98. The number of rotatable bonds is 6. The zero-order valence-electron chi connectivity index (χ0n) is 7.42. The molecule has 0 aromatic carbocycles. The molecule has 3 nitrogen and oxygen atoms in total. The molecule has 0 fully saturated rings. The largest absolute Gasteiger partial charge is 0.252 e. The van der Waals surface area contributed by atoms with E-state index in [2.05, 4.69) is 61.7 Å². The standard InChI is InChI=1S/C8H13I2N3/c9-4-1-2-6-13-7-8(3-5-10)11-12-13/h7H,1-6H2. The van der Waals surface area contributed by atoms with Crippen molar-refractivity contribution < 1.29 is 0 Å². The van der Waals surface area contributed by atoms with Crippen LogP contribution in [0.15, 0.2) is 6.20 Å². The molecular weight excluding hydrogens is 392 g/mol. The lowest BCUT2D eigenvalue weighted by Gasteiger charge is -1.96. The van der Waals surface area contributed by atoms with Gasteiger partial charge in [0.1, 0.15) is 0 Å². The van der Waals surface area contributed by atoms with Crippen molar-refractivity contribution in [1.29, 1.82) is 0 Å². The summed E-state index contributed by atoms with van der Waals surface area (Å²) in [6, 6.07) is 0. The maximum Gasteiger partial charge on any atom is 0.0834 e. The van der Waals surface area contributed by atoms with Gasteiger partial charge in [0.05, 0.1) is 5.69 Å². The highest BCUT2D eigenvalue weighted by Gasteiger charge is 1.98. The third-order valence-electron chi connectivity index (χ3n) is 1.71. The molecule has 0 saturated carbocycles. The van der Waals surface area contributed by atoms with E-state index in [1.807, 2.05) is 4.68 Å². The molecule has 0 saturated heterocycles. The van der Waals surface area contributed by atoms with Crippen LogP contribution in [0.4, 0.5) is 0 Å². The van der Waals surface area contributed by atoms with Gasteiger partial charge in [-0.15, -0.1) is 5.10 Å². The Morgan fingerprint density at radius 3 is 2.77 bits per heavy atom. The first-order chi connectivity index (χ1) is 6.36. The van der Waals surface area contributed by atoms with E-state index in [0.29, 0.717) is 0 Å². The number of halogens is 2. The molecular formula is C8H13I2N3. The number of unbranched alkanes of at least 4 members (excludes halogenated alkanes) is 1. The Bertz CT molecular complexity index is 237. The van der Waals surface area contributed by atoms with E-state index in [0.717, 1.165) is 23.1 Å². The molecule has 0 N–H and O–H groups in total. The number of aromatic nitrogens is 3. The Hall–Kier alpha value is 0.600. The number of hydrogen-bond acceptors (Lipinski definition) is 2. The Morgan fingerprint density at radius 1 is 1.23 bits per heavy atom. The van der Waals surface area contributed by atoms with Gasteiger partial charge < -0.3 is 0 Å². The molecule has 0 unspecified atom stereocenters. The van der Waals surface area contributed by atoms with E-state index in [9.17, 15) is 0 Å². The Kier molecular flexibility index (Phi) is 6.26. The summed E-state index contributed by atoms with van der Waals surface area (Å²) in [5, 5.41) is 8.16. The van der Waals surface area contributed by atoms with Crippen LogP contribution in [-0.4, -0.2) is 23.8 Å². The van der Waals surface area contributed by atoms with Crippen molar-refractivity contribution in [2.24, 2.45) is 0 Å². The number of alkyl halides is 2. The molecule has 0 aliphatic heterocycles. The summed E-state index contributed by atoms with van der Waals surface area (Å²) >= 11 is 4.76. The van der Waals surface area contributed by atoms with Gasteiger partial charge >= 0.3 is 0 Å². The fourth-order valence-electron chi connectivity index (χ4n) is 1.03. The number of aryl methyl sites for hydroxylation is 2. The molecule has 1 aromatic heterocycles. The summed E-state index contributed by atoms with van der Waals surface area (Å²) in [6.07, 6.45) is 5.57. The van der Waals surface area contributed by atoms with Gasteiger partial charge in [-0.1, -0.05) is 50.4 Å². The van der Waals surface area contributed by atoms with Crippen molar-refractivity contribution >= 4 is 45.2 Å². The highest BCUT2D eigenvalue weighted by atomic mass is 127. The van der Waals surface area contributed by atoms with Gasteiger partial charge in [-0.05, 0) is 17.3 Å². The van der Waals surface area contributed by atoms with E-state index < -0.39 is 0 Å². The molecule has 0 amide bonds. The molecule has 5 heteroatoms. The fourth-order valence-corrected chi connectivity index (χ4v) is 2.12. The summed E-state index contributed by atoms with van der Waals surface area (Å²) in [5.74, 6) is 0. The lowest BCUT2D eigenvalue weighted by molar-refractivity contribution is 0.556. The molecule has 0 spiro atoms. The first-order valence-electron chi connectivity index (χ1n) is 4.37. The summed E-state index contributed by atoms with van der Waals surface area (Å²) in [5.41, 5.74) is 1.11. The van der Waals surface area contributed by atoms with Crippen molar-refractivity contribution in [3.05, 3.63) is 11.9 Å². The summed E-state index contributed by atoms with van der Waals surface area (Å²) in [7, 11) is 0. The van der Waals surface area contributed by atoms with E-state index in [1.54, 1.807) is 0 Å². The summed E-state index contributed by atoms with van der Waals surface area (Å²) in [4.78, 5) is 0. The lowest BCUT2D eigenvalue weighted by atomic mass is 10.3. The van der Waals surface area contributed by atoms with Crippen LogP contribution in [0.3, 0.4) is 0 Å². The van der Waals surface area contributed by atoms with Crippen LogP contribution in [0.2, 0.25) is 0 Å². The number of nitrogens with zero attached hydrogens (tertiary/aromatic N) is 3. The van der Waals surface area contributed by atoms with Gasteiger partial charge in [-0.2, -0.15) is 0 Å². The smallest absolute Gasteiger partial charge is 0.0834 e. The predicted molar refractivity (Wildman–Crippen MR) is 70.7 cm³/mol. The molecule has 1 rings (SSSR count). The zero-order valence-corrected chi connectivity index (χ0v) is 11.7. The van der Waals surface area contributed by atoms with Crippen LogP contribution in [0.5, 0.6) is 0 Å². The SMILES string of the molecule is ICCCCn1cc(CCI)nn1. The minimum absolute atomic E-state index is 1.01. The molecule has 0 atom stereocenters. The van der Waals surface area contributed by atoms with Gasteiger partial charge in [-0.3, -0.25) is 4.68 Å². The summed E-state index contributed by atoms with van der Waals surface area (Å²) < 4.78 is 4.30. The second kappa shape index (κ2) is 6.97. The van der Waals surface area contributed by atoms with Crippen molar-refractivity contribution in [2.75, 3.05) is 8.86 Å². The fraction of sp³-hybridized carbons (Fsp3) is 0.750. The van der Waals surface area contributed by atoms with Crippen LogP contribution in [0.25, 0.3) is 0 Å². The normalized spacial score (nSPS) is 10.6. The molecule has 13 heavy (non-hydrogen) atoms. The van der Waals surface area contributed by atoms with Crippen molar-refractivity contribution in [1.82, 2.24) is 15.0 Å². The van der Waals surface area contributed by atoms with Crippen LogP contribution in [0.1, 0.15) is 18.5 Å². The van der Waals surface area contributed by atoms with Crippen molar-refractivity contribution in [3.63, 3.8) is 0 Å². The average Bonchev–Trinajstić information content (AvgIpc) is 2.54. The highest BCUT2D eigenvalue weighted by molar-refractivity contribution is 14.1. The second-order valence-corrected chi connectivity index (χ2v) is 4.97. The first kappa shape index (κ1) is 11.7. The molecule has 0 aliphatic carbocycles. The van der Waals surface area contributed by atoms with Crippen molar-refractivity contribution in [3.8, 4) is 0 Å². The van der Waals surface area contributed by atoms with Gasteiger partial charge in [0.2, 0.25) is 0 Å². The molecule has 0 radical (unpaired) electrons. The third-order valence-corrected chi connectivity index (χ3v) is 3.01. The first-order valence-corrected chi connectivity index (χ1v) is 7.43. The molecule has 74 valence electrons. The molecule has 1 heterocycles. The number of hydrogen-bond donors (Lipinski definition) is 0. The van der Waals surface area contributed by atoms with Crippen LogP contribution in [-0.2, 0) is 13.0 Å². The third kappa shape index (κ3) is 4.57. The highest BCUT2D eigenvalue weighted by Crippen LogP contribution is 2.00. The Morgan fingerprint density at radius 2 is 2.08 bits per heavy atom. The Balaban J connectivity index is 2.31. The average molecular weight is 405 g/mol. The zero-order chi connectivity index (χ0) is 9.52. The van der Waals surface area contributed by atoms with Gasteiger partial charge in [0.15, 0.2) is 0 Å². The van der Waals surface area contributed by atoms with Gasteiger partial charge in [0, 0.05) is 23.6 Å². The minimum Gasteiger partial charge on any atom is -0.252 e. The maximum absolute atomic E-state index is 4.09. The van der Waals surface area contributed by atoms with Crippen LogP contribution in [0, 0.1) is 0 Å². The Labute approximate surface area is 106 Å². The van der Waals surface area contributed by atoms with E-state index in [-0.39, 0.29) is 0 Å². The molecule has 1 aromatic rings.